The first-order valence-electron chi connectivity index (χ1n) is 12.2. The third-order valence-electron chi connectivity index (χ3n) is 6.12. The van der Waals surface area contributed by atoms with Gasteiger partial charge in [-0.2, -0.15) is 0 Å². The number of ether oxygens (including phenoxy) is 2. The van der Waals surface area contributed by atoms with Crippen molar-refractivity contribution in [3.63, 3.8) is 0 Å². The summed E-state index contributed by atoms with van der Waals surface area (Å²) in [5.74, 6) is -0.220. The zero-order valence-electron chi connectivity index (χ0n) is 21.0. The molecule has 3 aromatic rings. The Morgan fingerprint density at radius 3 is 1.89 bits per heavy atom. The van der Waals surface area contributed by atoms with E-state index in [1.165, 1.54) is 17.7 Å². The summed E-state index contributed by atoms with van der Waals surface area (Å²) in [6.07, 6.45) is 1.63. The summed E-state index contributed by atoms with van der Waals surface area (Å²) in [6, 6.07) is 28.5. The highest BCUT2D eigenvalue weighted by Gasteiger charge is 2.28. The predicted molar refractivity (Wildman–Crippen MR) is 144 cm³/mol. The van der Waals surface area contributed by atoms with Crippen molar-refractivity contribution in [2.24, 2.45) is 11.8 Å². The van der Waals surface area contributed by atoms with Crippen molar-refractivity contribution in [2.45, 2.75) is 46.1 Å². The second kappa shape index (κ2) is 13.2. The molecular formula is C30H35O4P. The van der Waals surface area contributed by atoms with Crippen LogP contribution < -0.4 is 15.9 Å². The topological polar surface area (TPSA) is 52.6 Å². The first-order chi connectivity index (χ1) is 16.9. The summed E-state index contributed by atoms with van der Waals surface area (Å²) in [7, 11) is 0.479. The van der Waals surface area contributed by atoms with Crippen LogP contribution >= 0.6 is 7.92 Å². The smallest absolute Gasteiger partial charge is 0.339 e. The van der Waals surface area contributed by atoms with E-state index >= 15 is 0 Å². The Morgan fingerprint density at radius 1 is 0.800 bits per heavy atom. The Kier molecular flexibility index (Phi) is 10.0. The summed E-state index contributed by atoms with van der Waals surface area (Å²) < 4.78 is 10.9. The van der Waals surface area contributed by atoms with Crippen LogP contribution in [-0.2, 0) is 14.3 Å². The largest absolute Gasteiger partial charge is 0.469 e. The molecule has 35 heavy (non-hydrogen) atoms. The van der Waals surface area contributed by atoms with E-state index in [2.05, 4.69) is 45.0 Å². The maximum Gasteiger partial charge on any atom is 0.339 e. The van der Waals surface area contributed by atoms with E-state index < -0.39 is 7.92 Å². The van der Waals surface area contributed by atoms with Gasteiger partial charge in [-0.05, 0) is 54.6 Å². The predicted octanol–water partition coefficient (Wildman–Crippen LogP) is 5.61. The Labute approximate surface area is 210 Å². The van der Waals surface area contributed by atoms with Crippen molar-refractivity contribution in [1.29, 1.82) is 0 Å². The lowest BCUT2D eigenvalue weighted by Gasteiger charge is -2.28. The summed E-state index contributed by atoms with van der Waals surface area (Å²) >= 11 is 0. The van der Waals surface area contributed by atoms with Crippen molar-refractivity contribution in [3.05, 3.63) is 90.5 Å². The lowest BCUT2D eigenvalue weighted by molar-refractivity contribution is -0.140. The maximum atomic E-state index is 13.6. The Balaban J connectivity index is 1.88. The van der Waals surface area contributed by atoms with Gasteiger partial charge in [-0.15, -0.1) is 0 Å². The molecule has 3 rings (SSSR count). The summed E-state index contributed by atoms with van der Waals surface area (Å²) in [5.41, 5.74) is 0.610. The number of rotatable bonds is 11. The third-order valence-corrected chi connectivity index (χ3v) is 8.62. The van der Waals surface area contributed by atoms with Gasteiger partial charge < -0.3 is 9.47 Å². The standard InChI is InChI=1S/C30H35O4P/c1-22(2)29(23(3)14-13-21-28(31)33-4)34-30(32)26-19-11-12-20-27(26)35(24-15-7-5-8-16-24)25-17-9-6-10-18-25/h5-12,15-20,22-23,29H,13-14,21H2,1-4H3/t23-,29-/m0/s1. The van der Waals surface area contributed by atoms with E-state index in [1.54, 1.807) is 0 Å². The molecule has 4 nitrogen and oxygen atoms in total. The normalized spacial score (nSPS) is 12.9. The van der Waals surface area contributed by atoms with E-state index in [0.717, 1.165) is 11.7 Å². The molecule has 0 unspecified atom stereocenters. The number of hydrogen-bond donors (Lipinski definition) is 0. The monoisotopic (exact) mass is 490 g/mol. The van der Waals surface area contributed by atoms with Crippen LogP contribution in [0.2, 0.25) is 0 Å². The molecule has 0 aromatic heterocycles. The molecule has 0 spiro atoms. The number of esters is 2. The Morgan fingerprint density at radius 2 is 1.34 bits per heavy atom. The van der Waals surface area contributed by atoms with Gasteiger partial charge in [-0.25, -0.2) is 4.79 Å². The molecule has 0 amide bonds. The number of benzene rings is 3. The first-order valence-corrected chi connectivity index (χ1v) is 13.5. The van der Waals surface area contributed by atoms with Crippen molar-refractivity contribution in [3.8, 4) is 0 Å². The highest BCUT2D eigenvalue weighted by atomic mass is 31.1. The van der Waals surface area contributed by atoms with Gasteiger partial charge in [0.1, 0.15) is 6.10 Å². The van der Waals surface area contributed by atoms with Gasteiger partial charge in [0.2, 0.25) is 0 Å². The summed E-state index contributed by atoms with van der Waals surface area (Å²) in [5, 5.41) is 3.36. The second-order valence-electron chi connectivity index (χ2n) is 9.08. The van der Waals surface area contributed by atoms with E-state index in [9.17, 15) is 9.59 Å². The first kappa shape index (κ1) is 26.6. The van der Waals surface area contributed by atoms with Crippen LogP contribution in [0.5, 0.6) is 0 Å². The zero-order chi connectivity index (χ0) is 25.2. The number of hydrogen-bond acceptors (Lipinski definition) is 4. The van der Waals surface area contributed by atoms with E-state index in [0.29, 0.717) is 18.4 Å². The fourth-order valence-corrected chi connectivity index (χ4v) is 6.79. The van der Waals surface area contributed by atoms with Gasteiger partial charge in [-0.1, -0.05) is 99.6 Å². The quantitative estimate of drug-likeness (QED) is 0.259. The fourth-order valence-electron chi connectivity index (χ4n) is 4.35. The van der Waals surface area contributed by atoms with Gasteiger partial charge in [0.25, 0.3) is 0 Å². The van der Waals surface area contributed by atoms with Gasteiger partial charge in [0.15, 0.2) is 0 Å². The average molecular weight is 491 g/mol. The second-order valence-corrected chi connectivity index (χ2v) is 11.3. The molecule has 0 heterocycles. The molecule has 0 bridgehead atoms. The molecular weight excluding hydrogens is 455 g/mol. The van der Waals surface area contributed by atoms with Crippen molar-refractivity contribution in [1.82, 2.24) is 0 Å². The van der Waals surface area contributed by atoms with Crippen LogP contribution in [0.25, 0.3) is 0 Å². The van der Waals surface area contributed by atoms with Crippen LogP contribution in [0.4, 0.5) is 0 Å². The highest BCUT2D eigenvalue weighted by Crippen LogP contribution is 2.34. The maximum absolute atomic E-state index is 13.6. The Bertz CT molecular complexity index is 1040. The van der Waals surface area contributed by atoms with Crippen LogP contribution in [0.1, 0.15) is 50.4 Å². The van der Waals surface area contributed by atoms with Crippen molar-refractivity contribution < 1.29 is 19.1 Å². The van der Waals surface area contributed by atoms with Gasteiger partial charge in [0.05, 0.1) is 12.7 Å². The minimum Gasteiger partial charge on any atom is -0.469 e. The molecule has 0 radical (unpaired) electrons. The molecule has 0 aliphatic rings. The van der Waals surface area contributed by atoms with Gasteiger partial charge in [0, 0.05) is 6.42 Å². The van der Waals surface area contributed by atoms with Crippen LogP contribution in [0.15, 0.2) is 84.9 Å². The van der Waals surface area contributed by atoms with Crippen molar-refractivity contribution >= 4 is 35.8 Å². The number of carbonyl (C=O) groups is 2. The van der Waals surface area contributed by atoms with E-state index in [-0.39, 0.29) is 29.9 Å². The lowest BCUT2D eigenvalue weighted by Crippen LogP contribution is -2.33. The third kappa shape index (κ3) is 7.26. The van der Waals surface area contributed by atoms with Crippen molar-refractivity contribution in [2.75, 3.05) is 7.11 Å². The lowest BCUT2D eigenvalue weighted by atomic mass is 9.90. The molecule has 5 heteroatoms. The summed E-state index contributed by atoms with van der Waals surface area (Å²) in [6.45, 7) is 6.23. The molecule has 0 saturated carbocycles. The van der Waals surface area contributed by atoms with Gasteiger partial charge >= 0.3 is 11.9 Å². The molecule has 3 aromatic carbocycles. The molecule has 0 fully saturated rings. The fraction of sp³-hybridized carbons (Fsp3) is 0.333. The number of carbonyl (C=O) groups excluding carboxylic acids is 2. The average Bonchev–Trinajstić information content (AvgIpc) is 2.88. The van der Waals surface area contributed by atoms with Crippen LogP contribution in [0, 0.1) is 11.8 Å². The zero-order valence-corrected chi connectivity index (χ0v) is 21.9. The molecule has 0 aliphatic heterocycles. The van der Waals surface area contributed by atoms with Gasteiger partial charge in [-0.3, -0.25) is 4.79 Å². The SMILES string of the molecule is COC(=O)CCC[C@H](C)[C@@H](OC(=O)c1ccccc1P(c1ccccc1)c1ccccc1)C(C)C. The summed E-state index contributed by atoms with van der Waals surface area (Å²) in [4.78, 5) is 25.1. The molecule has 0 N–H and O–H groups in total. The van der Waals surface area contributed by atoms with E-state index in [4.69, 9.17) is 9.47 Å². The van der Waals surface area contributed by atoms with Crippen LogP contribution in [0.3, 0.4) is 0 Å². The molecule has 0 saturated heterocycles. The van der Waals surface area contributed by atoms with E-state index in [1.807, 2.05) is 60.7 Å². The minimum absolute atomic E-state index is 0.125. The highest BCUT2D eigenvalue weighted by molar-refractivity contribution is 7.80. The Hall–Kier alpha value is -2.97. The molecule has 0 aliphatic carbocycles. The van der Waals surface area contributed by atoms with Crippen LogP contribution in [-0.4, -0.2) is 25.2 Å². The molecule has 184 valence electrons. The minimum atomic E-state index is -0.926. The molecule has 2 atom stereocenters. The number of methoxy groups -OCH3 is 1.